The summed E-state index contributed by atoms with van der Waals surface area (Å²) in [6.07, 6.45) is 2.85. The van der Waals surface area contributed by atoms with Gasteiger partial charge in [0.15, 0.2) is 0 Å². The van der Waals surface area contributed by atoms with Gasteiger partial charge in [-0.25, -0.2) is 4.39 Å². The number of hydrogen-bond donors (Lipinski definition) is 2. The molecule has 0 bridgehead atoms. The molecule has 1 aromatic carbocycles. The Balaban J connectivity index is 2.33. The Labute approximate surface area is 105 Å². The molecule has 18 heavy (non-hydrogen) atoms. The highest BCUT2D eigenvalue weighted by atomic mass is 19.1. The standard InChI is InChI=1S/C13H15FN2O2/c1-10(17)15-7-8-16-13(18)6-5-11-3-2-4-12(14)9-11/h2-6,9H,7-8H2,1H3,(H,15,17)(H,16,18). The van der Waals surface area contributed by atoms with Crippen molar-refractivity contribution in [1.29, 1.82) is 0 Å². The predicted molar refractivity (Wildman–Crippen MR) is 67.1 cm³/mol. The predicted octanol–water partition coefficient (Wildman–Crippen LogP) is 1.09. The molecule has 0 aliphatic heterocycles. The van der Waals surface area contributed by atoms with Crippen LogP contribution in [0.4, 0.5) is 4.39 Å². The Morgan fingerprint density at radius 3 is 2.67 bits per heavy atom. The summed E-state index contributed by atoms with van der Waals surface area (Å²) in [4.78, 5) is 21.9. The van der Waals surface area contributed by atoms with E-state index in [-0.39, 0.29) is 17.6 Å². The van der Waals surface area contributed by atoms with Crippen molar-refractivity contribution in [2.75, 3.05) is 13.1 Å². The first-order valence-corrected chi connectivity index (χ1v) is 5.54. The first kappa shape index (κ1) is 13.9. The fourth-order valence-corrected chi connectivity index (χ4v) is 1.27. The molecule has 0 fully saturated rings. The lowest BCUT2D eigenvalue weighted by atomic mass is 10.2. The molecule has 2 N–H and O–H groups in total. The first-order chi connectivity index (χ1) is 8.58. The molecule has 0 aliphatic rings. The van der Waals surface area contributed by atoms with Crippen LogP contribution in [0.3, 0.4) is 0 Å². The Hall–Kier alpha value is -2.17. The smallest absolute Gasteiger partial charge is 0.244 e. The number of rotatable bonds is 5. The van der Waals surface area contributed by atoms with Crippen LogP contribution in [0.25, 0.3) is 6.08 Å². The van der Waals surface area contributed by atoms with Gasteiger partial charge in [0.1, 0.15) is 5.82 Å². The normalized spacial score (nSPS) is 10.3. The topological polar surface area (TPSA) is 58.2 Å². The van der Waals surface area contributed by atoms with Crippen LogP contribution in [0.1, 0.15) is 12.5 Å². The van der Waals surface area contributed by atoms with Gasteiger partial charge in [-0.1, -0.05) is 12.1 Å². The third-order valence-electron chi connectivity index (χ3n) is 2.07. The number of nitrogens with one attached hydrogen (secondary N) is 2. The molecule has 1 aromatic rings. The van der Waals surface area contributed by atoms with E-state index in [1.807, 2.05) is 0 Å². The van der Waals surface area contributed by atoms with Crippen molar-refractivity contribution in [3.63, 3.8) is 0 Å². The van der Waals surface area contributed by atoms with Crippen LogP contribution in [-0.4, -0.2) is 24.9 Å². The molecule has 0 spiro atoms. The minimum atomic E-state index is -0.344. The second-order valence-electron chi connectivity index (χ2n) is 3.66. The molecule has 0 saturated carbocycles. The van der Waals surface area contributed by atoms with Crippen molar-refractivity contribution >= 4 is 17.9 Å². The first-order valence-electron chi connectivity index (χ1n) is 5.54. The highest BCUT2D eigenvalue weighted by Crippen LogP contribution is 2.04. The van der Waals surface area contributed by atoms with Crippen LogP contribution < -0.4 is 10.6 Å². The van der Waals surface area contributed by atoms with E-state index in [0.29, 0.717) is 18.7 Å². The van der Waals surface area contributed by atoms with Crippen molar-refractivity contribution < 1.29 is 14.0 Å². The van der Waals surface area contributed by atoms with Crippen LogP contribution in [0, 0.1) is 5.82 Å². The molecule has 0 atom stereocenters. The number of benzene rings is 1. The number of halogens is 1. The van der Waals surface area contributed by atoms with E-state index >= 15 is 0 Å². The molecule has 0 aromatic heterocycles. The number of amides is 2. The molecule has 4 nitrogen and oxygen atoms in total. The van der Waals surface area contributed by atoms with Crippen molar-refractivity contribution in [3.8, 4) is 0 Å². The molecule has 0 unspecified atom stereocenters. The summed E-state index contributed by atoms with van der Waals surface area (Å²) in [5.41, 5.74) is 0.618. The molecule has 2 amide bonds. The Bertz CT molecular complexity index is 458. The molecule has 96 valence electrons. The van der Waals surface area contributed by atoms with Crippen molar-refractivity contribution in [1.82, 2.24) is 10.6 Å². The number of hydrogen-bond acceptors (Lipinski definition) is 2. The highest BCUT2D eigenvalue weighted by Gasteiger charge is 1.96. The summed E-state index contributed by atoms with van der Waals surface area (Å²) in [7, 11) is 0. The maximum Gasteiger partial charge on any atom is 0.244 e. The average molecular weight is 250 g/mol. The van der Waals surface area contributed by atoms with Crippen LogP contribution in [0.5, 0.6) is 0 Å². The SMILES string of the molecule is CC(=O)NCCNC(=O)C=Cc1cccc(F)c1. The zero-order chi connectivity index (χ0) is 13.4. The van der Waals surface area contributed by atoms with Gasteiger partial charge in [-0.05, 0) is 23.8 Å². The van der Waals surface area contributed by atoms with Gasteiger partial charge in [0.2, 0.25) is 11.8 Å². The average Bonchev–Trinajstić information content (AvgIpc) is 2.32. The Morgan fingerprint density at radius 2 is 2.00 bits per heavy atom. The number of carbonyl (C=O) groups is 2. The van der Waals surface area contributed by atoms with E-state index in [9.17, 15) is 14.0 Å². The van der Waals surface area contributed by atoms with Gasteiger partial charge in [-0.2, -0.15) is 0 Å². The van der Waals surface area contributed by atoms with Crippen LogP contribution in [0.2, 0.25) is 0 Å². The maximum absolute atomic E-state index is 12.8. The second kappa shape index (κ2) is 7.21. The van der Waals surface area contributed by atoms with Gasteiger partial charge in [-0.15, -0.1) is 0 Å². The lowest BCUT2D eigenvalue weighted by molar-refractivity contribution is -0.119. The fraction of sp³-hybridized carbons (Fsp3) is 0.231. The molecule has 0 saturated heterocycles. The summed E-state index contributed by atoms with van der Waals surface area (Å²) in [5.74, 6) is -0.771. The molecule has 1 rings (SSSR count). The van der Waals surface area contributed by atoms with Crippen LogP contribution in [0.15, 0.2) is 30.3 Å². The third-order valence-corrected chi connectivity index (χ3v) is 2.07. The monoisotopic (exact) mass is 250 g/mol. The van der Waals surface area contributed by atoms with Gasteiger partial charge in [0.25, 0.3) is 0 Å². The third kappa shape index (κ3) is 5.79. The summed E-state index contributed by atoms with van der Waals surface area (Å²) < 4.78 is 12.8. The second-order valence-corrected chi connectivity index (χ2v) is 3.66. The molecule has 0 heterocycles. The minimum absolute atomic E-state index is 0.139. The quantitative estimate of drug-likeness (QED) is 0.607. The van der Waals surface area contributed by atoms with E-state index in [0.717, 1.165) is 0 Å². The Kier molecular flexibility index (Phi) is 5.57. The summed E-state index contributed by atoms with van der Waals surface area (Å²) in [5, 5.41) is 5.14. The van der Waals surface area contributed by atoms with E-state index in [2.05, 4.69) is 10.6 Å². The molecular weight excluding hydrogens is 235 g/mol. The zero-order valence-electron chi connectivity index (χ0n) is 10.1. The van der Waals surface area contributed by atoms with Crippen molar-refractivity contribution in [2.45, 2.75) is 6.92 Å². The summed E-state index contributed by atoms with van der Waals surface area (Å²) in [6.45, 7) is 2.15. The lowest BCUT2D eigenvalue weighted by Gasteiger charge is -2.02. The molecule has 0 radical (unpaired) electrons. The Morgan fingerprint density at radius 1 is 1.28 bits per heavy atom. The van der Waals surface area contributed by atoms with Gasteiger partial charge < -0.3 is 10.6 Å². The van der Waals surface area contributed by atoms with Gasteiger partial charge in [-0.3, -0.25) is 9.59 Å². The van der Waals surface area contributed by atoms with E-state index < -0.39 is 0 Å². The zero-order valence-corrected chi connectivity index (χ0v) is 10.1. The van der Waals surface area contributed by atoms with Crippen molar-refractivity contribution in [2.24, 2.45) is 0 Å². The summed E-state index contributed by atoms with van der Waals surface area (Å²) >= 11 is 0. The fourth-order valence-electron chi connectivity index (χ4n) is 1.27. The summed E-state index contributed by atoms with van der Waals surface area (Å²) in [6, 6.07) is 5.94. The van der Waals surface area contributed by atoms with Gasteiger partial charge >= 0.3 is 0 Å². The number of carbonyl (C=O) groups excluding carboxylic acids is 2. The van der Waals surface area contributed by atoms with E-state index in [4.69, 9.17) is 0 Å². The molecule has 0 aliphatic carbocycles. The maximum atomic E-state index is 12.8. The van der Waals surface area contributed by atoms with E-state index in [1.165, 1.54) is 31.2 Å². The molecular formula is C13H15FN2O2. The van der Waals surface area contributed by atoms with Crippen molar-refractivity contribution in [3.05, 3.63) is 41.7 Å². The van der Waals surface area contributed by atoms with Gasteiger partial charge in [0, 0.05) is 26.1 Å². The van der Waals surface area contributed by atoms with Crippen LogP contribution >= 0.6 is 0 Å². The lowest BCUT2D eigenvalue weighted by Crippen LogP contribution is -2.32. The van der Waals surface area contributed by atoms with E-state index in [1.54, 1.807) is 12.1 Å². The van der Waals surface area contributed by atoms with Gasteiger partial charge in [0.05, 0.1) is 0 Å². The molecule has 5 heteroatoms. The van der Waals surface area contributed by atoms with Crippen LogP contribution in [-0.2, 0) is 9.59 Å². The highest BCUT2D eigenvalue weighted by molar-refractivity contribution is 5.91. The largest absolute Gasteiger partial charge is 0.355 e. The minimum Gasteiger partial charge on any atom is -0.355 e.